The van der Waals surface area contributed by atoms with Gasteiger partial charge in [-0.25, -0.2) is 0 Å². The van der Waals surface area contributed by atoms with Crippen LogP contribution in [-0.2, 0) is 20.4 Å². The van der Waals surface area contributed by atoms with Crippen molar-refractivity contribution in [1.29, 1.82) is 0 Å². The van der Waals surface area contributed by atoms with Crippen LogP contribution in [0, 0.1) is 0 Å². The zero-order valence-corrected chi connectivity index (χ0v) is 14.7. The minimum Gasteiger partial charge on any atom is -0.481 e. The lowest BCUT2D eigenvalue weighted by Crippen LogP contribution is -2.47. The zero-order valence-electron chi connectivity index (χ0n) is 14.0. The van der Waals surface area contributed by atoms with Gasteiger partial charge in [0.05, 0.1) is 5.41 Å². The van der Waals surface area contributed by atoms with E-state index in [0.29, 0.717) is 10.6 Å². The van der Waals surface area contributed by atoms with Crippen LogP contribution in [0.2, 0.25) is 5.02 Å². The lowest BCUT2D eigenvalue weighted by Gasteiger charge is -2.27. The van der Waals surface area contributed by atoms with Gasteiger partial charge in [0.25, 0.3) is 0 Å². The van der Waals surface area contributed by atoms with Crippen LogP contribution < -0.4 is 5.32 Å². The molecule has 1 atom stereocenters. The molecule has 4 nitrogen and oxygen atoms in total. The van der Waals surface area contributed by atoms with Crippen LogP contribution >= 0.6 is 11.6 Å². The number of carbonyl (C=O) groups is 2. The van der Waals surface area contributed by atoms with Gasteiger partial charge in [0, 0.05) is 11.6 Å². The second-order valence-electron chi connectivity index (χ2n) is 6.77. The monoisotopic (exact) mass is 357 g/mol. The van der Waals surface area contributed by atoms with E-state index >= 15 is 0 Å². The van der Waals surface area contributed by atoms with Crippen molar-refractivity contribution >= 4 is 23.5 Å². The third kappa shape index (κ3) is 3.27. The molecule has 1 amide bonds. The summed E-state index contributed by atoms with van der Waals surface area (Å²) < 4.78 is 0. The van der Waals surface area contributed by atoms with Gasteiger partial charge in [-0.15, -0.1) is 0 Å². The second kappa shape index (κ2) is 6.52. The number of rotatable bonds is 6. The Hall–Kier alpha value is -2.33. The Kier molecular flexibility index (Phi) is 4.56. The van der Waals surface area contributed by atoms with Crippen molar-refractivity contribution in [3.8, 4) is 0 Å². The molecule has 1 saturated carbocycles. The van der Waals surface area contributed by atoms with Gasteiger partial charge >= 0.3 is 5.97 Å². The summed E-state index contributed by atoms with van der Waals surface area (Å²) in [5.74, 6) is -1.09. The summed E-state index contributed by atoms with van der Waals surface area (Å²) in [5.41, 5.74) is -0.140. The number of hydrogen-bond donors (Lipinski definition) is 2. The number of aliphatic carboxylic acids is 1. The van der Waals surface area contributed by atoms with Crippen LogP contribution in [0.15, 0.2) is 54.6 Å². The maximum atomic E-state index is 12.8. The third-order valence-corrected chi connectivity index (χ3v) is 5.32. The van der Waals surface area contributed by atoms with E-state index in [4.69, 9.17) is 11.6 Å². The predicted octanol–water partition coefficient (Wildman–Crippen LogP) is 3.53. The normalized spacial score (nSPS) is 17.4. The van der Waals surface area contributed by atoms with Gasteiger partial charge in [0.15, 0.2) is 0 Å². The molecular weight excluding hydrogens is 338 g/mol. The summed E-state index contributed by atoms with van der Waals surface area (Å²) in [7, 11) is 0. The molecule has 0 bridgehead atoms. The summed E-state index contributed by atoms with van der Waals surface area (Å²) in [6.45, 7) is 1.67. The molecule has 5 heteroatoms. The number of nitrogens with one attached hydrogen (secondary N) is 1. The smallest absolute Gasteiger partial charge is 0.315 e. The highest BCUT2D eigenvalue weighted by Crippen LogP contribution is 2.48. The van der Waals surface area contributed by atoms with Crippen LogP contribution in [0.4, 0.5) is 0 Å². The summed E-state index contributed by atoms with van der Waals surface area (Å²) in [6, 6.07) is 16.3. The molecule has 1 unspecified atom stereocenters. The topological polar surface area (TPSA) is 66.4 Å². The van der Waals surface area contributed by atoms with E-state index in [0.717, 1.165) is 18.4 Å². The van der Waals surface area contributed by atoms with Crippen molar-refractivity contribution < 1.29 is 14.7 Å². The van der Waals surface area contributed by atoms with Crippen LogP contribution in [0.1, 0.15) is 30.9 Å². The standard InChI is InChI=1S/C20H20ClNO3/c1-19(18(24)25,14-5-3-2-4-6-14)13-22-17(23)20(11-12-20)15-7-9-16(21)10-8-15/h2-10H,11-13H2,1H3,(H,22,23)(H,24,25). The molecule has 1 aliphatic rings. The lowest BCUT2D eigenvalue weighted by atomic mass is 9.82. The van der Waals surface area contributed by atoms with E-state index in [1.54, 1.807) is 43.3 Å². The number of benzene rings is 2. The van der Waals surface area contributed by atoms with Crippen LogP contribution in [0.25, 0.3) is 0 Å². The van der Waals surface area contributed by atoms with Crippen molar-refractivity contribution in [1.82, 2.24) is 5.32 Å². The predicted molar refractivity (Wildman–Crippen MR) is 96.8 cm³/mol. The van der Waals surface area contributed by atoms with Crippen molar-refractivity contribution in [2.45, 2.75) is 30.6 Å². The Morgan fingerprint density at radius 3 is 2.24 bits per heavy atom. The summed E-state index contributed by atoms with van der Waals surface area (Å²) in [6.07, 6.45) is 1.52. The fraction of sp³-hybridized carbons (Fsp3) is 0.300. The molecule has 130 valence electrons. The Morgan fingerprint density at radius 2 is 1.72 bits per heavy atom. The van der Waals surface area contributed by atoms with Gasteiger partial charge < -0.3 is 10.4 Å². The largest absolute Gasteiger partial charge is 0.481 e. The van der Waals surface area contributed by atoms with Crippen molar-refractivity contribution in [2.75, 3.05) is 6.54 Å². The van der Waals surface area contributed by atoms with Crippen LogP contribution in [0.3, 0.4) is 0 Å². The average molecular weight is 358 g/mol. The quantitative estimate of drug-likeness (QED) is 0.831. The first-order valence-electron chi connectivity index (χ1n) is 8.22. The Labute approximate surface area is 151 Å². The van der Waals surface area contributed by atoms with E-state index in [2.05, 4.69) is 5.32 Å². The summed E-state index contributed by atoms with van der Waals surface area (Å²) in [4.78, 5) is 24.6. The highest BCUT2D eigenvalue weighted by atomic mass is 35.5. The second-order valence-corrected chi connectivity index (χ2v) is 7.21. The molecule has 1 fully saturated rings. The summed E-state index contributed by atoms with van der Waals surface area (Å²) in [5, 5.41) is 13.2. The molecule has 0 radical (unpaired) electrons. The first-order chi connectivity index (χ1) is 11.9. The maximum absolute atomic E-state index is 12.8. The minimum absolute atomic E-state index is 0.0422. The molecular formula is C20H20ClNO3. The molecule has 1 aliphatic carbocycles. The number of halogens is 1. The number of hydrogen-bond acceptors (Lipinski definition) is 2. The SMILES string of the molecule is CC(CNC(=O)C1(c2ccc(Cl)cc2)CC1)(C(=O)O)c1ccccc1. The maximum Gasteiger partial charge on any atom is 0.315 e. The van der Waals surface area contributed by atoms with Crippen molar-refractivity contribution in [3.05, 3.63) is 70.7 Å². The highest BCUT2D eigenvalue weighted by Gasteiger charge is 2.51. The fourth-order valence-electron chi connectivity index (χ4n) is 3.07. The average Bonchev–Trinajstić information content (AvgIpc) is 3.42. The van der Waals surface area contributed by atoms with Gasteiger partial charge in [-0.2, -0.15) is 0 Å². The zero-order chi connectivity index (χ0) is 18.1. The van der Waals surface area contributed by atoms with Crippen molar-refractivity contribution in [2.24, 2.45) is 0 Å². The van der Waals surface area contributed by atoms with Gasteiger partial charge in [-0.3, -0.25) is 9.59 Å². The Bertz CT molecular complexity index is 784. The highest BCUT2D eigenvalue weighted by molar-refractivity contribution is 6.30. The molecule has 0 spiro atoms. The van der Waals surface area contributed by atoms with Gasteiger partial charge in [0.2, 0.25) is 5.91 Å². The molecule has 2 aromatic rings. The first kappa shape index (κ1) is 17.5. The molecule has 2 N–H and O–H groups in total. The van der Waals surface area contributed by atoms with Gasteiger partial charge in [0.1, 0.15) is 5.41 Å². The van der Waals surface area contributed by atoms with Crippen molar-refractivity contribution in [3.63, 3.8) is 0 Å². The van der Waals surface area contributed by atoms with E-state index in [9.17, 15) is 14.7 Å². The van der Waals surface area contributed by atoms with Gasteiger partial charge in [-0.05, 0) is 43.0 Å². The number of carbonyl (C=O) groups excluding carboxylic acids is 1. The van der Waals surface area contributed by atoms with E-state index in [1.165, 1.54) is 0 Å². The minimum atomic E-state index is -1.17. The number of carboxylic acids is 1. The molecule has 2 aromatic carbocycles. The van der Waals surface area contributed by atoms with Crippen LogP contribution in [-0.4, -0.2) is 23.5 Å². The Balaban J connectivity index is 1.77. The first-order valence-corrected chi connectivity index (χ1v) is 8.60. The Morgan fingerprint density at radius 1 is 1.12 bits per heavy atom. The number of carboxylic acid groups (broad SMARTS) is 1. The van der Waals surface area contributed by atoms with E-state index in [1.807, 2.05) is 18.2 Å². The molecule has 0 heterocycles. The van der Waals surface area contributed by atoms with Gasteiger partial charge in [-0.1, -0.05) is 54.1 Å². The molecule has 3 rings (SSSR count). The molecule has 0 aromatic heterocycles. The third-order valence-electron chi connectivity index (χ3n) is 5.07. The van der Waals surface area contributed by atoms with E-state index in [-0.39, 0.29) is 12.5 Å². The fourth-order valence-corrected chi connectivity index (χ4v) is 3.20. The number of amides is 1. The molecule has 0 aliphatic heterocycles. The molecule has 0 saturated heterocycles. The molecule has 25 heavy (non-hydrogen) atoms. The lowest BCUT2D eigenvalue weighted by molar-refractivity contribution is -0.143. The van der Waals surface area contributed by atoms with Crippen LogP contribution in [0.5, 0.6) is 0 Å². The summed E-state index contributed by atoms with van der Waals surface area (Å²) >= 11 is 5.92. The van der Waals surface area contributed by atoms with E-state index < -0.39 is 16.8 Å².